The smallest absolute Gasteiger partial charge is 0.195 e. The maximum atomic E-state index is 13.1. The van der Waals surface area contributed by atoms with E-state index in [0.29, 0.717) is 29.0 Å². The van der Waals surface area contributed by atoms with Crippen LogP contribution in [-0.4, -0.2) is 12.3 Å². The van der Waals surface area contributed by atoms with Gasteiger partial charge in [0.2, 0.25) is 0 Å². The Bertz CT molecular complexity index is 724. The van der Waals surface area contributed by atoms with E-state index in [0.717, 1.165) is 18.4 Å². The van der Waals surface area contributed by atoms with E-state index < -0.39 is 0 Å². The minimum Gasteiger partial charge on any atom is -0.330 e. The molecule has 0 aliphatic heterocycles. The highest BCUT2D eigenvalue weighted by atomic mass is 35.5. The number of nitrogens with two attached hydrogens (primary N) is 1. The van der Waals surface area contributed by atoms with Crippen LogP contribution in [0, 0.1) is 5.92 Å². The number of benzene rings is 1. The molecule has 1 aliphatic rings. The van der Waals surface area contributed by atoms with Crippen molar-refractivity contribution in [2.75, 3.05) is 6.54 Å². The van der Waals surface area contributed by atoms with Crippen LogP contribution in [0.1, 0.15) is 64.2 Å². The maximum absolute atomic E-state index is 13.1. The SMILES string of the molecule is CCc1cc(C(=O)c2ccccc2Cl)c(C2CCCCC2CN)s1. The molecule has 1 aromatic carbocycles. The highest BCUT2D eigenvalue weighted by molar-refractivity contribution is 7.12. The number of hydrogen-bond donors (Lipinski definition) is 1. The van der Waals surface area contributed by atoms with Gasteiger partial charge in [-0.2, -0.15) is 0 Å². The van der Waals surface area contributed by atoms with Crippen molar-refractivity contribution >= 4 is 28.7 Å². The van der Waals surface area contributed by atoms with Gasteiger partial charge in [0.05, 0.1) is 5.02 Å². The number of aryl methyl sites for hydroxylation is 1. The van der Waals surface area contributed by atoms with Gasteiger partial charge in [-0.1, -0.05) is 43.5 Å². The highest BCUT2D eigenvalue weighted by Gasteiger charge is 2.31. The molecule has 2 atom stereocenters. The van der Waals surface area contributed by atoms with Crippen LogP contribution in [0.25, 0.3) is 0 Å². The fraction of sp³-hybridized carbons (Fsp3) is 0.450. The number of halogens is 1. The molecule has 24 heavy (non-hydrogen) atoms. The molecule has 128 valence electrons. The molecular weight excluding hydrogens is 338 g/mol. The summed E-state index contributed by atoms with van der Waals surface area (Å²) in [6.45, 7) is 2.84. The van der Waals surface area contributed by atoms with Crippen LogP contribution in [0.3, 0.4) is 0 Å². The molecule has 2 nitrogen and oxygen atoms in total. The molecule has 0 bridgehead atoms. The summed E-state index contributed by atoms with van der Waals surface area (Å²) in [7, 11) is 0. The number of rotatable bonds is 5. The summed E-state index contributed by atoms with van der Waals surface area (Å²) >= 11 is 8.06. The van der Waals surface area contributed by atoms with Gasteiger partial charge in [0.25, 0.3) is 0 Å². The van der Waals surface area contributed by atoms with Gasteiger partial charge in [-0.25, -0.2) is 0 Å². The maximum Gasteiger partial charge on any atom is 0.195 e. The molecule has 2 unspecified atom stereocenters. The van der Waals surface area contributed by atoms with E-state index in [9.17, 15) is 4.79 Å². The number of thiophene rings is 1. The number of hydrogen-bond acceptors (Lipinski definition) is 3. The van der Waals surface area contributed by atoms with E-state index in [4.69, 9.17) is 17.3 Å². The lowest BCUT2D eigenvalue weighted by molar-refractivity contribution is 0.103. The molecule has 2 aromatic rings. The van der Waals surface area contributed by atoms with Crippen LogP contribution in [0.15, 0.2) is 30.3 Å². The second kappa shape index (κ2) is 7.81. The van der Waals surface area contributed by atoms with Crippen LogP contribution in [-0.2, 0) is 6.42 Å². The Morgan fingerprint density at radius 2 is 2.00 bits per heavy atom. The average molecular weight is 362 g/mol. The Labute approximate surface area is 153 Å². The second-order valence-electron chi connectivity index (χ2n) is 6.54. The first-order chi connectivity index (χ1) is 11.7. The lowest BCUT2D eigenvalue weighted by atomic mass is 9.77. The minimum absolute atomic E-state index is 0.0490. The first-order valence-corrected chi connectivity index (χ1v) is 9.97. The highest BCUT2D eigenvalue weighted by Crippen LogP contribution is 2.43. The van der Waals surface area contributed by atoms with Crippen LogP contribution in [0.4, 0.5) is 0 Å². The normalized spacial score (nSPS) is 21.0. The predicted molar refractivity (Wildman–Crippen MR) is 102 cm³/mol. The third-order valence-corrected chi connectivity index (χ3v) is 6.81. The molecule has 1 fully saturated rings. The molecular formula is C20H24ClNOS. The number of ketones is 1. The van der Waals surface area contributed by atoms with Gasteiger partial charge in [0.15, 0.2) is 5.78 Å². The van der Waals surface area contributed by atoms with Crippen molar-refractivity contribution in [3.05, 3.63) is 56.2 Å². The standard InChI is InChI=1S/C20H24ClNOS/c1-2-14-11-17(19(23)16-9-5-6-10-18(16)21)20(24-14)15-8-4-3-7-13(15)12-22/h5-6,9-11,13,15H,2-4,7-8,12,22H2,1H3. The summed E-state index contributed by atoms with van der Waals surface area (Å²) in [6.07, 6.45) is 5.72. The van der Waals surface area contributed by atoms with Crippen molar-refractivity contribution in [3.8, 4) is 0 Å². The Hall–Kier alpha value is -1.16. The lowest BCUT2D eigenvalue weighted by Gasteiger charge is -2.30. The first kappa shape index (κ1) is 17.7. The topological polar surface area (TPSA) is 43.1 Å². The van der Waals surface area contributed by atoms with Gasteiger partial charge in [-0.05, 0) is 55.8 Å². The molecule has 0 spiro atoms. The van der Waals surface area contributed by atoms with Gasteiger partial charge in [0, 0.05) is 20.9 Å². The van der Waals surface area contributed by atoms with Crippen LogP contribution in [0.5, 0.6) is 0 Å². The Balaban J connectivity index is 2.03. The zero-order valence-electron chi connectivity index (χ0n) is 14.1. The average Bonchev–Trinajstić information content (AvgIpc) is 3.05. The fourth-order valence-electron chi connectivity index (χ4n) is 3.71. The monoisotopic (exact) mass is 361 g/mol. The Morgan fingerprint density at radius 1 is 1.25 bits per heavy atom. The van der Waals surface area contributed by atoms with Gasteiger partial charge in [-0.15, -0.1) is 11.3 Å². The van der Waals surface area contributed by atoms with Crippen LogP contribution in [0.2, 0.25) is 5.02 Å². The number of carbonyl (C=O) groups is 1. The van der Waals surface area contributed by atoms with Crippen molar-refractivity contribution in [1.82, 2.24) is 0 Å². The summed E-state index contributed by atoms with van der Waals surface area (Å²) in [6, 6.07) is 9.41. The van der Waals surface area contributed by atoms with Crippen molar-refractivity contribution in [1.29, 1.82) is 0 Å². The van der Waals surface area contributed by atoms with Crippen molar-refractivity contribution in [3.63, 3.8) is 0 Å². The van der Waals surface area contributed by atoms with E-state index in [1.807, 2.05) is 18.2 Å². The lowest BCUT2D eigenvalue weighted by Crippen LogP contribution is -2.25. The summed E-state index contributed by atoms with van der Waals surface area (Å²) in [5.41, 5.74) is 7.47. The molecule has 3 rings (SSSR count). The largest absolute Gasteiger partial charge is 0.330 e. The van der Waals surface area contributed by atoms with E-state index in [1.165, 1.54) is 29.0 Å². The summed E-state index contributed by atoms with van der Waals surface area (Å²) in [4.78, 5) is 15.6. The minimum atomic E-state index is 0.0490. The van der Waals surface area contributed by atoms with E-state index in [2.05, 4.69) is 13.0 Å². The molecule has 0 amide bonds. The number of carbonyl (C=O) groups excluding carboxylic acids is 1. The van der Waals surface area contributed by atoms with Crippen molar-refractivity contribution in [2.24, 2.45) is 11.7 Å². The quantitative estimate of drug-likeness (QED) is 0.722. The molecule has 0 saturated heterocycles. The van der Waals surface area contributed by atoms with Crippen molar-refractivity contribution in [2.45, 2.75) is 44.9 Å². The van der Waals surface area contributed by atoms with Gasteiger partial charge < -0.3 is 5.73 Å². The summed E-state index contributed by atoms with van der Waals surface area (Å²) < 4.78 is 0. The molecule has 1 aliphatic carbocycles. The van der Waals surface area contributed by atoms with Crippen LogP contribution >= 0.6 is 22.9 Å². The zero-order valence-corrected chi connectivity index (χ0v) is 15.6. The zero-order chi connectivity index (χ0) is 17.1. The summed E-state index contributed by atoms with van der Waals surface area (Å²) in [5.74, 6) is 0.947. The molecule has 1 saturated carbocycles. The van der Waals surface area contributed by atoms with Crippen molar-refractivity contribution < 1.29 is 4.79 Å². The van der Waals surface area contributed by atoms with E-state index >= 15 is 0 Å². The third kappa shape index (κ3) is 3.44. The molecule has 1 aromatic heterocycles. The fourth-order valence-corrected chi connectivity index (χ4v) is 5.26. The van der Waals surface area contributed by atoms with Gasteiger partial charge in [-0.3, -0.25) is 4.79 Å². The second-order valence-corrected chi connectivity index (χ2v) is 8.12. The van der Waals surface area contributed by atoms with Gasteiger partial charge >= 0.3 is 0 Å². The molecule has 4 heteroatoms. The molecule has 1 heterocycles. The van der Waals surface area contributed by atoms with Crippen LogP contribution < -0.4 is 5.73 Å². The van der Waals surface area contributed by atoms with E-state index in [1.54, 1.807) is 17.4 Å². The third-order valence-electron chi connectivity index (χ3n) is 5.07. The first-order valence-electron chi connectivity index (χ1n) is 8.77. The molecule has 0 radical (unpaired) electrons. The van der Waals surface area contributed by atoms with E-state index in [-0.39, 0.29) is 5.78 Å². The summed E-state index contributed by atoms with van der Waals surface area (Å²) in [5, 5.41) is 0.525. The Morgan fingerprint density at radius 3 is 2.71 bits per heavy atom. The van der Waals surface area contributed by atoms with Gasteiger partial charge in [0.1, 0.15) is 0 Å². The predicted octanol–water partition coefficient (Wildman–Crippen LogP) is 5.43. The Kier molecular flexibility index (Phi) is 5.75. The molecule has 2 N–H and O–H groups in total.